The molecule has 2 N–H and O–H groups in total. The molecule has 1 aromatic carbocycles. The molecule has 3 amide bonds. The van der Waals surface area contributed by atoms with E-state index in [0.29, 0.717) is 6.42 Å². The highest BCUT2D eigenvalue weighted by atomic mass is 16.6. The van der Waals surface area contributed by atoms with Crippen LogP contribution in [0.1, 0.15) is 99.8 Å². The third-order valence-electron chi connectivity index (χ3n) is 5.72. The van der Waals surface area contributed by atoms with Gasteiger partial charge in [-0.3, -0.25) is 9.59 Å². The van der Waals surface area contributed by atoms with Crippen LogP contribution in [-0.2, 0) is 14.3 Å². The van der Waals surface area contributed by atoms with Gasteiger partial charge in [0.15, 0.2) is 0 Å². The van der Waals surface area contributed by atoms with Crippen LogP contribution >= 0.6 is 0 Å². The van der Waals surface area contributed by atoms with Gasteiger partial charge in [0, 0.05) is 11.1 Å². The van der Waals surface area contributed by atoms with Crippen LogP contribution in [0.25, 0.3) is 0 Å². The SMILES string of the molecule is CCC(C)(C)N(C(=O)C(NC(=O)OC(C)(C)C)C(C)C)C(C(=O)NC(C)(C)C)c1cccc(C)c1. The van der Waals surface area contributed by atoms with Crippen LogP contribution in [0.5, 0.6) is 0 Å². The molecule has 2 atom stereocenters. The lowest BCUT2D eigenvalue weighted by molar-refractivity contribution is -0.150. The third kappa shape index (κ3) is 9.19. The maximum absolute atomic E-state index is 14.2. The van der Waals surface area contributed by atoms with E-state index in [1.165, 1.54) is 0 Å². The van der Waals surface area contributed by atoms with Gasteiger partial charge in [0.1, 0.15) is 17.7 Å². The molecule has 0 radical (unpaired) electrons. The number of nitrogens with one attached hydrogen (secondary N) is 2. The van der Waals surface area contributed by atoms with Gasteiger partial charge in [0.2, 0.25) is 11.8 Å². The molecule has 0 aromatic heterocycles. The van der Waals surface area contributed by atoms with Crippen molar-refractivity contribution in [3.05, 3.63) is 35.4 Å². The number of aryl methyl sites for hydroxylation is 1. The molecule has 0 saturated heterocycles. The molecule has 0 fully saturated rings. The van der Waals surface area contributed by atoms with E-state index >= 15 is 0 Å². The van der Waals surface area contributed by atoms with Crippen molar-refractivity contribution in [1.82, 2.24) is 15.5 Å². The molecular formula is C28H47N3O4. The van der Waals surface area contributed by atoms with Crippen LogP contribution in [0.3, 0.4) is 0 Å². The van der Waals surface area contributed by atoms with E-state index in [-0.39, 0.29) is 17.7 Å². The lowest BCUT2D eigenvalue weighted by Crippen LogP contribution is -2.61. The molecule has 0 heterocycles. The zero-order valence-corrected chi connectivity index (χ0v) is 23.8. The van der Waals surface area contributed by atoms with E-state index in [0.717, 1.165) is 11.1 Å². The Hall–Kier alpha value is -2.57. The number of benzene rings is 1. The fourth-order valence-corrected chi connectivity index (χ4v) is 3.74. The molecule has 2 unspecified atom stereocenters. The lowest BCUT2D eigenvalue weighted by Gasteiger charge is -2.45. The normalized spacial score (nSPS) is 14.2. The molecule has 7 nitrogen and oxygen atoms in total. The highest BCUT2D eigenvalue weighted by molar-refractivity contribution is 5.93. The van der Waals surface area contributed by atoms with Gasteiger partial charge in [-0.05, 0) is 80.2 Å². The number of nitrogens with zero attached hydrogens (tertiary/aromatic N) is 1. The molecule has 1 aromatic rings. The van der Waals surface area contributed by atoms with Gasteiger partial charge in [0.25, 0.3) is 0 Å². The Morgan fingerprint density at radius 2 is 1.57 bits per heavy atom. The average molecular weight is 490 g/mol. The number of rotatable bonds is 8. The summed E-state index contributed by atoms with van der Waals surface area (Å²) < 4.78 is 5.43. The number of hydrogen-bond donors (Lipinski definition) is 2. The van der Waals surface area contributed by atoms with Gasteiger partial charge in [0.05, 0.1) is 0 Å². The van der Waals surface area contributed by atoms with E-state index in [1.54, 1.807) is 25.7 Å². The van der Waals surface area contributed by atoms with Crippen molar-refractivity contribution in [3.63, 3.8) is 0 Å². The molecule has 0 bridgehead atoms. The first-order valence-electron chi connectivity index (χ1n) is 12.5. The van der Waals surface area contributed by atoms with E-state index in [1.807, 2.05) is 86.6 Å². The fourth-order valence-electron chi connectivity index (χ4n) is 3.74. The van der Waals surface area contributed by atoms with Gasteiger partial charge < -0.3 is 20.3 Å². The van der Waals surface area contributed by atoms with Gasteiger partial charge >= 0.3 is 6.09 Å². The minimum atomic E-state index is -0.877. The monoisotopic (exact) mass is 489 g/mol. The third-order valence-corrected chi connectivity index (χ3v) is 5.72. The minimum Gasteiger partial charge on any atom is -0.444 e. The molecule has 0 aliphatic carbocycles. The Labute approximate surface area is 212 Å². The second kappa shape index (κ2) is 11.4. The summed E-state index contributed by atoms with van der Waals surface area (Å²) in [5, 5.41) is 5.83. The molecule has 0 saturated carbocycles. The standard InChI is InChI=1S/C28H47N3O4/c1-13-28(11,12)31(24(33)21(18(2)3)29-25(34)35-27(8,9)10)22(23(32)30-26(5,6)7)20-16-14-15-19(4)17-20/h14-18,21-22H,13H2,1-12H3,(H,29,34)(H,30,32). The maximum Gasteiger partial charge on any atom is 0.408 e. The summed E-state index contributed by atoms with van der Waals surface area (Å²) >= 11 is 0. The average Bonchev–Trinajstić information content (AvgIpc) is 2.66. The molecule has 198 valence electrons. The summed E-state index contributed by atoms with van der Waals surface area (Å²) in [5.41, 5.74) is -0.153. The summed E-state index contributed by atoms with van der Waals surface area (Å²) in [5.74, 6) is -0.819. The second-order valence-electron chi connectivity index (χ2n) is 12.3. The van der Waals surface area contributed by atoms with Crippen LogP contribution in [0.4, 0.5) is 4.79 Å². The summed E-state index contributed by atoms with van der Waals surface area (Å²) in [4.78, 5) is 42.3. The van der Waals surface area contributed by atoms with E-state index in [4.69, 9.17) is 4.74 Å². The number of amides is 3. The predicted molar refractivity (Wildman–Crippen MR) is 141 cm³/mol. The number of hydrogen-bond acceptors (Lipinski definition) is 4. The number of ether oxygens (including phenoxy) is 1. The summed E-state index contributed by atoms with van der Waals surface area (Å²) in [7, 11) is 0. The molecule has 0 aliphatic rings. The first kappa shape index (κ1) is 30.5. The molecule has 1 rings (SSSR count). The molecule has 35 heavy (non-hydrogen) atoms. The van der Waals surface area contributed by atoms with Crippen molar-refractivity contribution in [2.45, 2.75) is 118 Å². The predicted octanol–water partition coefficient (Wildman–Crippen LogP) is 5.52. The van der Waals surface area contributed by atoms with Crippen molar-refractivity contribution in [3.8, 4) is 0 Å². The number of carbonyl (C=O) groups excluding carboxylic acids is 3. The van der Waals surface area contributed by atoms with E-state index in [2.05, 4.69) is 10.6 Å². The van der Waals surface area contributed by atoms with Crippen molar-refractivity contribution in [2.75, 3.05) is 0 Å². The van der Waals surface area contributed by atoms with E-state index < -0.39 is 34.9 Å². The Morgan fingerprint density at radius 1 is 1.00 bits per heavy atom. The number of alkyl carbamates (subject to hydrolysis) is 1. The van der Waals surface area contributed by atoms with Crippen LogP contribution in [-0.4, -0.2) is 45.5 Å². The van der Waals surface area contributed by atoms with Crippen LogP contribution in [0, 0.1) is 12.8 Å². The topological polar surface area (TPSA) is 87.7 Å². The smallest absolute Gasteiger partial charge is 0.408 e. The Morgan fingerprint density at radius 3 is 2.00 bits per heavy atom. The minimum absolute atomic E-state index is 0.228. The van der Waals surface area contributed by atoms with Crippen LogP contribution in [0.15, 0.2) is 24.3 Å². The zero-order chi connectivity index (χ0) is 27.4. The van der Waals surface area contributed by atoms with Crippen molar-refractivity contribution in [1.29, 1.82) is 0 Å². The Kier molecular flexibility index (Phi) is 9.96. The molecular weight excluding hydrogens is 442 g/mol. The van der Waals surface area contributed by atoms with E-state index in [9.17, 15) is 14.4 Å². The fraction of sp³-hybridized carbons (Fsp3) is 0.679. The number of carbonyl (C=O) groups is 3. The highest BCUT2D eigenvalue weighted by Crippen LogP contribution is 2.33. The summed E-state index contributed by atoms with van der Waals surface area (Å²) in [6, 6.07) is 5.91. The van der Waals surface area contributed by atoms with Crippen molar-refractivity contribution >= 4 is 17.9 Å². The van der Waals surface area contributed by atoms with Gasteiger partial charge in [-0.25, -0.2) is 4.79 Å². The lowest BCUT2D eigenvalue weighted by atomic mass is 9.89. The van der Waals surface area contributed by atoms with Crippen LogP contribution < -0.4 is 10.6 Å². The maximum atomic E-state index is 14.2. The largest absolute Gasteiger partial charge is 0.444 e. The van der Waals surface area contributed by atoms with Crippen molar-refractivity contribution < 1.29 is 19.1 Å². The summed E-state index contributed by atoms with van der Waals surface area (Å²) in [6.07, 6.45) is -0.0498. The summed E-state index contributed by atoms with van der Waals surface area (Å²) in [6.45, 7) is 22.6. The Balaban J connectivity index is 3.66. The molecule has 0 aliphatic heterocycles. The molecule has 0 spiro atoms. The first-order chi connectivity index (χ1) is 15.8. The first-order valence-corrected chi connectivity index (χ1v) is 12.5. The zero-order valence-electron chi connectivity index (χ0n) is 23.8. The highest BCUT2D eigenvalue weighted by Gasteiger charge is 2.44. The molecule has 7 heteroatoms. The second-order valence-corrected chi connectivity index (χ2v) is 12.3. The Bertz CT molecular complexity index is 894. The van der Waals surface area contributed by atoms with Crippen LogP contribution in [0.2, 0.25) is 0 Å². The van der Waals surface area contributed by atoms with Gasteiger partial charge in [-0.2, -0.15) is 0 Å². The quantitative estimate of drug-likeness (QED) is 0.503. The van der Waals surface area contributed by atoms with Crippen molar-refractivity contribution in [2.24, 2.45) is 5.92 Å². The van der Waals surface area contributed by atoms with Gasteiger partial charge in [-0.15, -0.1) is 0 Å². The van der Waals surface area contributed by atoms with Gasteiger partial charge in [-0.1, -0.05) is 50.6 Å².